The second kappa shape index (κ2) is 9.34. The Kier molecular flexibility index (Phi) is 6.16. The molecule has 31 heavy (non-hydrogen) atoms. The van der Waals surface area contributed by atoms with Gasteiger partial charge in [0.15, 0.2) is 18.1 Å². The predicted molar refractivity (Wildman–Crippen MR) is 114 cm³/mol. The normalized spacial score (nSPS) is 15.8. The van der Waals surface area contributed by atoms with Crippen molar-refractivity contribution in [1.29, 1.82) is 0 Å². The number of hydrogen-bond acceptors (Lipinski definition) is 6. The van der Waals surface area contributed by atoms with Crippen LogP contribution in [0.2, 0.25) is 0 Å². The second-order valence-electron chi connectivity index (χ2n) is 7.37. The van der Waals surface area contributed by atoms with E-state index in [1.165, 1.54) is 10.2 Å². The quantitative estimate of drug-likeness (QED) is 0.489. The van der Waals surface area contributed by atoms with E-state index in [0.29, 0.717) is 5.82 Å². The number of rotatable bonds is 6. The average Bonchev–Trinajstić information content (AvgIpc) is 3.22. The minimum absolute atomic E-state index is 0.0720. The minimum atomic E-state index is -0.682. The van der Waals surface area contributed by atoms with Crippen LogP contribution in [0.4, 0.5) is 0 Å². The van der Waals surface area contributed by atoms with Crippen molar-refractivity contribution in [3.8, 4) is 0 Å². The summed E-state index contributed by atoms with van der Waals surface area (Å²) < 4.78 is 6.61. The molecule has 0 unspecified atom stereocenters. The Morgan fingerprint density at radius 3 is 2.71 bits per heavy atom. The van der Waals surface area contributed by atoms with Crippen LogP contribution in [0.15, 0.2) is 54.6 Å². The van der Waals surface area contributed by atoms with Crippen LogP contribution >= 0.6 is 0 Å². The zero-order valence-electron chi connectivity index (χ0n) is 17.2. The van der Waals surface area contributed by atoms with Gasteiger partial charge in [-0.3, -0.25) is 4.79 Å². The zero-order chi connectivity index (χ0) is 21.6. The van der Waals surface area contributed by atoms with Crippen LogP contribution in [0.1, 0.15) is 41.4 Å². The fourth-order valence-corrected chi connectivity index (χ4v) is 3.71. The number of aromatic nitrogens is 4. The lowest BCUT2D eigenvalue weighted by Gasteiger charge is -2.26. The largest absolute Gasteiger partial charge is 0.451 e. The summed E-state index contributed by atoms with van der Waals surface area (Å²) in [5, 5.41) is 14.3. The van der Waals surface area contributed by atoms with Crippen molar-refractivity contribution in [1.82, 2.24) is 25.5 Å². The maximum Gasteiger partial charge on any atom is 0.357 e. The van der Waals surface area contributed by atoms with E-state index in [2.05, 4.69) is 26.9 Å². The standard InChI is InChI=1S/C23H23N5O3/c1-16-25-26-27-28(16)21(14-17-8-3-2-4-9-17)23(30)31-15-22(29)24-20-13-7-11-18-10-5-6-12-19(18)20/h2-6,8-10,12,14,20H,7,11,13,15H2,1H3,(H,24,29)/b21-14-/t20-/m1/s1. The summed E-state index contributed by atoms with van der Waals surface area (Å²) in [6.45, 7) is 1.30. The number of fused-ring (bicyclic) bond motifs is 1. The molecule has 1 atom stereocenters. The molecule has 1 aliphatic carbocycles. The highest BCUT2D eigenvalue weighted by Gasteiger charge is 2.23. The summed E-state index contributed by atoms with van der Waals surface area (Å²) in [6.07, 6.45) is 4.50. The first kappa shape index (κ1) is 20.5. The molecule has 1 N–H and O–H groups in total. The molecule has 8 nitrogen and oxygen atoms in total. The molecule has 3 aromatic rings. The van der Waals surface area contributed by atoms with Gasteiger partial charge in [0.05, 0.1) is 6.04 Å². The smallest absolute Gasteiger partial charge is 0.357 e. The summed E-state index contributed by atoms with van der Waals surface area (Å²) in [7, 11) is 0. The van der Waals surface area contributed by atoms with Crippen molar-refractivity contribution >= 4 is 23.6 Å². The van der Waals surface area contributed by atoms with E-state index in [9.17, 15) is 9.59 Å². The van der Waals surface area contributed by atoms with Crippen molar-refractivity contribution in [2.45, 2.75) is 32.2 Å². The first-order chi connectivity index (χ1) is 15.1. The molecule has 4 rings (SSSR count). The number of nitrogens with one attached hydrogen (secondary N) is 1. The molecule has 0 saturated carbocycles. The van der Waals surface area contributed by atoms with Gasteiger partial charge in [0.1, 0.15) is 0 Å². The Hall–Kier alpha value is -3.81. The number of tetrazole rings is 1. The summed E-state index contributed by atoms with van der Waals surface area (Å²) in [4.78, 5) is 25.3. The molecular formula is C23H23N5O3. The van der Waals surface area contributed by atoms with Crippen molar-refractivity contribution in [2.24, 2.45) is 0 Å². The summed E-state index contributed by atoms with van der Waals surface area (Å²) in [6, 6.07) is 17.3. The van der Waals surface area contributed by atoms with Gasteiger partial charge < -0.3 is 10.1 Å². The van der Waals surface area contributed by atoms with Gasteiger partial charge in [-0.15, -0.1) is 5.10 Å². The van der Waals surface area contributed by atoms with E-state index in [4.69, 9.17) is 4.74 Å². The Bertz CT molecular complexity index is 1110. The Morgan fingerprint density at radius 2 is 1.94 bits per heavy atom. The molecule has 1 amide bonds. The molecule has 1 heterocycles. The van der Waals surface area contributed by atoms with Crippen LogP contribution in [0.3, 0.4) is 0 Å². The fourth-order valence-electron chi connectivity index (χ4n) is 3.71. The molecule has 0 aliphatic heterocycles. The highest BCUT2D eigenvalue weighted by atomic mass is 16.5. The fraction of sp³-hybridized carbons (Fsp3) is 0.261. The summed E-state index contributed by atoms with van der Waals surface area (Å²) in [5.74, 6) is -0.594. The van der Waals surface area contributed by atoms with Crippen LogP contribution in [0, 0.1) is 6.92 Å². The van der Waals surface area contributed by atoms with Gasteiger partial charge >= 0.3 is 5.97 Å². The van der Waals surface area contributed by atoms with Gasteiger partial charge in [0.2, 0.25) is 0 Å². The van der Waals surface area contributed by atoms with Crippen LogP contribution in [0.5, 0.6) is 0 Å². The van der Waals surface area contributed by atoms with Gasteiger partial charge in [-0.05, 0) is 59.4 Å². The lowest BCUT2D eigenvalue weighted by molar-refractivity contribution is -0.143. The Morgan fingerprint density at radius 1 is 1.16 bits per heavy atom. The van der Waals surface area contributed by atoms with Crippen molar-refractivity contribution in [3.05, 3.63) is 77.1 Å². The molecular weight excluding hydrogens is 394 g/mol. The summed E-state index contributed by atoms with van der Waals surface area (Å²) in [5.41, 5.74) is 3.29. The van der Waals surface area contributed by atoms with E-state index in [1.807, 2.05) is 48.5 Å². The third-order valence-corrected chi connectivity index (χ3v) is 5.20. The van der Waals surface area contributed by atoms with Crippen LogP contribution in [-0.4, -0.2) is 38.7 Å². The number of amides is 1. The van der Waals surface area contributed by atoms with Gasteiger partial charge in [-0.2, -0.15) is 4.68 Å². The SMILES string of the molecule is Cc1nnnn1/C(=C\c1ccccc1)C(=O)OCC(=O)N[C@@H]1CCCc2ccccc21. The predicted octanol–water partition coefficient (Wildman–Crippen LogP) is 2.72. The molecule has 0 bridgehead atoms. The van der Waals surface area contributed by atoms with E-state index >= 15 is 0 Å². The third-order valence-electron chi connectivity index (χ3n) is 5.20. The van der Waals surface area contributed by atoms with Gasteiger partial charge in [0, 0.05) is 0 Å². The van der Waals surface area contributed by atoms with Crippen LogP contribution < -0.4 is 5.32 Å². The van der Waals surface area contributed by atoms with E-state index in [-0.39, 0.29) is 24.3 Å². The Balaban J connectivity index is 1.44. The highest BCUT2D eigenvalue weighted by molar-refractivity contribution is 6.15. The molecule has 1 aromatic heterocycles. The number of esters is 1. The molecule has 0 spiro atoms. The van der Waals surface area contributed by atoms with Crippen molar-refractivity contribution in [2.75, 3.05) is 6.61 Å². The first-order valence-corrected chi connectivity index (χ1v) is 10.2. The number of carbonyl (C=O) groups is 2. The zero-order valence-corrected chi connectivity index (χ0v) is 17.2. The topological polar surface area (TPSA) is 99.0 Å². The number of aryl methyl sites for hydroxylation is 2. The number of carbonyl (C=O) groups excluding carboxylic acids is 2. The number of nitrogens with zero attached hydrogens (tertiary/aromatic N) is 4. The highest BCUT2D eigenvalue weighted by Crippen LogP contribution is 2.29. The van der Waals surface area contributed by atoms with Crippen molar-refractivity contribution in [3.63, 3.8) is 0 Å². The van der Waals surface area contributed by atoms with Gasteiger partial charge in [-0.25, -0.2) is 4.79 Å². The maximum atomic E-state index is 12.8. The number of benzene rings is 2. The third kappa shape index (κ3) is 4.85. The molecule has 2 aromatic carbocycles. The lowest BCUT2D eigenvalue weighted by atomic mass is 9.88. The van der Waals surface area contributed by atoms with E-state index in [1.54, 1.807) is 13.0 Å². The summed E-state index contributed by atoms with van der Waals surface area (Å²) >= 11 is 0. The molecule has 1 aliphatic rings. The molecule has 0 fully saturated rings. The van der Waals surface area contributed by atoms with Crippen molar-refractivity contribution < 1.29 is 14.3 Å². The first-order valence-electron chi connectivity index (χ1n) is 10.2. The van der Waals surface area contributed by atoms with Gasteiger partial charge in [0.25, 0.3) is 5.91 Å². The Labute approximate surface area is 179 Å². The van der Waals surface area contributed by atoms with Gasteiger partial charge in [-0.1, -0.05) is 54.6 Å². The number of ether oxygens (including phenoxy) is 1. The molecule has 0 saturated heterocycles. The molecule has 0 radical (unpaired) electrons. The molecule has 8 heteroatoms. The minimum Gasteiger partial charge on any atom is -0.451 e. The van der Waals surface area contributed by atoms with Crippen LogP contribution in [0.25, 0.3) is 11.8 Å². The maximum absolute atomic E-state index is 12.8. The lowest BCUT2D eigenvalue weighted by Crippen LogP contribution is -2.34. The van der Waals surface area contributed by atoms with Crippen LogP contribution in [-0.2, 0) is 20.7 Å². The van der Waals surface area contributed by atoms with E-state index in [0.717, 1.165) is 30.4 Å². The number of hydrogen-bond donors (Lipinski definition) is 1. The molecule has 158 valence electrons. The monoisotopic (exact) mass is 417 g/mol. The van der Waals surface area contributed by atoms with E-state index < -0.39 is 5.97 Å². The second-order valence-corrected chi connectivity index (χ2v) is 7.37. The average molecular weight is 417 g/mol.